The van der Waals surface area contributed by atoms with Crippen LogP contribution in [0.25, 0.3) is 6.08 Å². The van der Waals surface area contributed by atoms with Crippen LogP contribution in [0, 0.1) is 5.92 Å². The minimum absolute atomic E-state index is 0.0117. The molecule has 1 saturated carbocycles. The summed E-state index contributed by atoms with van der Waals surface area (Å²) in [5.41, 5.74) is 1.35. The summed E-state index contributed by atoms with van der Waals surface area (Å²) in [6, 6.07) is 13.3. The summed E-state index contributed by atoms with van der Waals surface area (Å²) in [5.74, 6) is 0.722. The van der Waals surface area contributed by atoms with Gasteiger partial charge in [-0.2, -0.15) is 0 Å². The van der Waals surface area contributed by atoms with Crippen molar-refractivity contribution in [2.45, 2.75) is 38.6 Å². The van der Waals surface area contributed by atoms with Crippen LogP contribution in [0.1, 0.15) is 38.2 Å². The van der Waals surface area contributed by atoms with Gasteiger partial charge in [0.05, 0.1) is 17.7 Å². The van der Waals surface area contributed by atoms with E-state index >= 15 is 0 Å². The number of para-hydroxylation sites is 1. The molecule has 7 heteroatoms. The van der Waals surface area contributed by atoms with Gasteiger partial charge in [0.2, 0.25) is 0 Å². The van der Waals surface area contributed by atoms with Gasteiger partial charge in [0.1, 0.15) is 0 Å². The lowest BCUT2D eigenvalue weighted by molar-refractivity contribution is -0.124. The van der Waals surface area contributed by atoms with Crippen molar-refractivity contribution in [2.24, 2.45) is 10.9 Å². The molecule has 2 aromatic rings. The van der Waals surface area contributed by atoms with Gasteiger partial charge < -0.3 is 9.84 Å². The molecule has 0 spiro atoms. The van der Waals surface area contributed by atoms with E-state index in [4.69, 9.17) is 9.73 Å². The van der Waals surface area contributed by atoms with Crippen molar-refractivity contribution in [3.63, 3.8) is 0 Å². The molecule has 2 fully saturated rings. The average Bonchev–Trinajstić information content (AvgIpc) is 3.06. The van der Waals surface area contributed by atoms with Crippen LogP contribution in [0.4, 0.5) is 5.69 Å². The second-order valence-corrected chi connectivity index (χ2v) is 9.82. The number of amidine groups is 1. The number of carbonyl (C=O) groups is 1. The molecule has 0 aromatic heterocycles. The number of carbonyl (C=O) groups excluding carboxylic acids is 1. The van der Waals surface area contributed by atoms with Crippen molar-refractivity contribution in [3.05, 3.63) is 57.4 Å². The lowest BCUT2D eigenvalue weighted by Crippen LogP contribution is -2.44. The van der Waals surface area contributed by atoms with Crippen LogP contribution in [0.3, 0.4) is 0 Å². The zero-order valence-electron chi connectivity index (χ0n) is 17.5. The number of thioether (sulfide) groups is 1. The molecule has 2 aromatic carbocycles. The highest BCUT2D eigenvalue weighted by atomic mass is 79.9. The molecule has 0 bridgehead atoms. The van der Waals surface area contributed by atoms with Gasteiger partial charge in [-0.15, -0.1) is 0 Å². The molecule has 0 radical (unpaired) electrons. The summed E-state index contributed by atoms with van der Waals surface area (Å²) < 4.78 is 6.02. The zero-order valence-corrected chi connectivity index (χ0v) is 19.9. The number of aliphatic imine (C=N–C) groups is 1. The monoisotopic (exact) mass is 500 g/mol. The largest absolute Gasteiger partial charge is 0.504 e. The predicted octanol–water partition coefficient (Wildman–Crippen LogP) is 6.35. The summed E-state index contributed by atoms with van der Waals surface area (Å²) in [5, 5.41) is 11.3. The molecule has 5 nitrogen and oxygen atoms in total. The number of ether oxygens (including phenoxy) is 1. The number of phenols is 1. The third-order valence-corrected chi connectivity index (χ3v) is 7.23. The first kappa shape index (κ1) is 22.0. The predicted molar refractivity (Wildman–Crippen MR) is 130 cm³/mol. The third kappa shape index (κ3) is 4.67. The molecular weight excluding hydrogens is 476 g/mol. The maximum absolute atomic E-state index is 13.5. The highest BCUT2D eigenvalue weighted by molar-refractivity contribution is 9.10. The third-order valence-electron chi connectivity index (χ3n) is 5.79. The molecule has 162 valence electrons. The molecule has 2 atom stereocenters. The standard InChI is InChI=1S/C24H25BrN2O3S/c1-15-8-6-7-11-19(15)27-23(29)21(31-24(27)26-18-9-4-3-5-10-18)13-16-12-17(25)14-20(30-2)22(16)28/h3-5,9-10,12-15,19,28H,6-8,11H2,1-2H3/b21-13-,26-24?/t15-,19+/m0/s1. The Labute approximate surface area is 195 Å². The van der Waals surface area contributed by atoms with Gasteiger partial charge in [-0.1, -0.05) is 53.9 Å². The molecule has 0 unspecified atom stereocenters. The Hall–Kier alpha value is -2.25. The Balaban J connectivity index is 1.76. The molecule has 31 heavy (non-hydrogen) atoms. The van der Waals surface area contributed by atoms with E-state index in [-0.39, 0.29) is 17.7 Å². The Morgan fingerprint density at radius 3 is 2.68 bits per heavy atom. The maximum Gasteiger partial charge on any atom is 0.267 e. The van der Waals surface area contributed by atoms with Gasteiger partial charge in [0, 0.05) is 16.1 Å². The number of hydrogen-bond donors (Lipinski definition) is 1. The van der Waals surface area contributed by atoms with Crippen LogP contribution in [0.15, 0.2) is 56.8 Å². The van der Waals surface area contributed by atoms with Gasteiger partial charge in [-0.05, 0) is 60.9 Å². The van der Waals surface area contributed by atoms with E-state index in [2.05, 4.69) is 22.9 Å². The quantitative estimate of drug-likeness (QED) is 0.497. The first-order valence-corrected chi connectivity index (χ1v) is 12.0. The number of phenolic OH excluding ortho intramolecular Hbond substituents is 1. The number of aromatic hydroxyl groups is 1. The Morgan fingerprint density at radius 2 is 1.97 bits per heavy atom. The molecule has 4 rings (SSSR count). The molecule has 1 N–H and O–H groups in total. The fourth-order valence-electron chi connectivity index (χ4n) is 4.15. The maximum atomic E-state index is 13.5. The second kappa shape index (κ2) is 9.49. The topological polar surface area (TPSA) is 62.1 Å². The number of nitrogens with zero attached hydrogens (tertiary/aromatic N) is 2. The van der Waals surface area contributed by atoms with Gasteiger partial charge in [0.25, 0.3) is 5.91 Å². The highest BCUT2D eigenvalue weighted by Gasteiger charge is 2.41. The van der Waals surface area contributed by atoms with E-state index in [0.29, 0.717) is 27.3 Å². The van der Waals surface area contributed by atoms with Crippen LogP contribution in [-0.2, 0) is 4.79 Å². The molecule has 1 aliphatic carbocycles. The second-order valence-electron chi connectivity index (χ2n) is 7.89. The lowest BCUT2D eigenvalue weighted by Gasteiger charge is -2.35. The Kier molecular flexibility index (Phi) is 6.72. The van der Waals surface area contributed by atoms with Crippen LogP contribution in [-0.4, -0.2) is 34.2 Å². The fourth-order valence-corrected chi connectivity index (χ4v) is 5.64. The SMILES string of the molecule is COc1cc(Br)cc(/C=C2\SC(=Nc3ccccc3)N([C@@H]3CCCC[C@@H]3C)C2=O)c1O. The molecule has 2 aliphatic rings. The zero-order chi connectivity index (χ0) is 22.0. The lowest BCUT2D eigenvalue weighted by atomic mass is 9.85. The molecule has 1 amide bonds. The van der Waals surface area contributed by atoms with E-state index in [1.807, 2.05) is 35.2 Å². The smallest absolute Gasteiger partial charge is 0.267 e. The van der Waals surface area contributed by atoms with E-state index in [1.165, 1.54) is 25.3 Å². The minimum atomic E-state index is -0.0585. The normalized spacial score (nSPS) is 24.2. The summed E-state index contributed by atoms with van der Waals surface area (Å²) in [6.07, 6.45) is 6.13. The van der Waals surface area contributed by atoms with E-state index < -0.39 is 0 Å². The van der Waals surface area contributed by atoms with Crippen molar-refractivity contribution in [1.82, 2.24) is 4.90 Å². The van der Waals surface area contributed by atoms with Crippen molar-refractivity contribution in [2.75, 3.05) is 7.11 Å². The summed E-state index contributed by atoms with van der Waals surface area (Å²) in [6.45, 7) is 2.22. The number of hydrogen-bond acceptors (Lipinski definition) is 5. The van der Waals surface area contributed by atoms with Gasteiger partial charge >= 0.3 is 0 Å². The van der Waals surface area contributed by atoms with E-state index in [9.17, 15) is 9.90 Å². The van der Waals surface area contributed by atoms with Crippen LogP contribution in [0.2, 0.25) is 0 Å². The first-order valence-electron chi connectivity index (χ1n) is 10.4. The van der Waals surface area contributed by atoms with Crippen molar-refractivity contribution in [3.8, 4) is 11.5 Å². The van der Waals surface area contributed by atoms with Crippen molar-refractivity contribution >= 4 is 50.5 Å². The molecular formula is C24H25BrN2O3S. The number of rotatable bonds is 4. The van der Waals surface area contributed by atoms with Gasteiger partial charge in [-0.3, -0.25) is 9.69 Å². The summed E-state index contributed by atoms with van der Waals surface area (Å²) in [7, 11) is 1.50. The minimum Gasteiger partial charge on any atom is -0.504 e. The Morgan fingerprint density at radius 1 is 1.23 bits per heavy atom. The van der Waals surface area contributed by atoms with Crippen LogP contribution >= 0.6 is 27.7 Å². The van der Waals surface area contributed by atoms with Crippen LogP contribution < -0.4 is 4.74 Å². The number of halogens is 1. The van der Waals surface area contributed by atoms with E-state index in [0.717, 1.165) is 29.4 Å². The number of methoxy groups -OCH3 is 1. The first-order chi connectivity index (χ1) is 15.0. The van der Waals surface area contributed by atoms with Gasteiger partial charge in [0.15, 0.2) is 16.7 Å². The van der Waals surface area contributed by atoms with E-state index in [1.54, 1.807) is 18.2 Å². The molecule has 1 aliphatic heterocycles. The summed E-state index contributed by atoms with van der Waals surface area (Å²) >= 11 is 4.81. The Bertz CT molecular complexity index is 1040. The molecule has 1 saturated heterocycles. The number of benzene rings is 2. The molecule has 1 heterocycles. The van der Waals surface area contributed by atoms with Gasteiger partial charge in [-0.25, -0.2) is 4.99 Å². The highest BCUT2D eigenvalue weighted by Crippen LogP contribution is 2.42. The van der Waals surface area contributed by atoms with Crippen molar-refractivity contribution < 1.29 is 14.6 Å². The summed E-state index contributed by atoms with van der Waals surface area (Å²) in [4.78, 5) is 20.8. The van der Waals surface area contributed by atoms with Crippen molar-refractivity contribution in [1.29, 1.82) is 0 Å². The average molecular weight is 501 g/mol. The fraction of sp³-hybridized carbons (Fsp3) is 0.333. The van der Waals surface area contributed by atoms with Crippen LogP contribution in [0.5, 0.6) is 11.5 Å². The number of amides is 1.